The zero-order valence-corrected chi connectivity index (χ0v) is 16.8. The summed E-state index contributed by atoms with van der Waals surface area (Å²) in [7, 11) is 1.85. The van der Waals surface area contributed by atoms with Gasteiger partial charge < -0.3 is 10.2 Å². The number of thiophene rings is 1. The van der Waals surface area contributed by atoms with Crippen LogP contribution in [0.1, 0.15) is 42.5 Å². The first-order chi connectivity index (χ1) is 13.5. The fraction of sp³-hybridized carbons (Fsp3) is 0.286. The Morgan fingerprint density at radius 3 is 2.86 bits per heavy atom. The molecule has 144 valence electrons. The number of rotatable bonds is 4. The fourth-order valence-corrected chi connectivity index (χ4v) is 4.28. The van der Waals surface area contributed by atoms with Gasteiger partial charge in [0.2, 0.25) is 0 Å². The molecule has 1 aliphatic rings. The van der Waals surface area contributed by atoms with Crippen molar-refractivity contribution in [1.29, 1.82) is 0 Å². The second kappa shape index (κ2) is 7.59. The summed E-state index contributed by atoms with van der Waals surface area (Å²) in [5.74, 6) is -0.195. The predicted molar refractivity (Wildman–Crippen MR) is 108 cm³/mol. The SMILES string of the molecule is Cc1cccc(CNC(=O)c2nn(C)c3c2CN(C(=O)c2cccs2)CC3)c1. The first kappa shape index (κ1) is 18.4. The minimum Gasteiger partial charge on any atom is -0.347 e. The number of hydrogen-bond donors (Lipinski definition) is 1. The molecule has 0 radical (unpaired) electrons. The quantitative estimate of drug-likeness (QED) is 0.740. The van der Waals surface area contributed by atoms with Gasteiger partial charge in [0, 0.05) is 37.8 Å². The maximum absolute atomic E-state index is 12.8. The van der Waals surface area contributed by atoms with Gasteiger partial charge in [-0.25, -0.2) is 0 Å². The Balaban J connectivity index is 1.52. The number of fused-ring (bicyclic) bond motifs is 1. The normalized spacial score (nSPS) is 13.3. The summed E-state index contributed by atoms with van der Waals surface area (Å²) in [6.07, 6.45) is 0.696. The third kappa shape index (κ3) is 3.57. The number of hydrogen-bond acceptors (Lipinski definition) is 4. The van der Waals surface area contributed by atoms with Crippen LogP contribution in [0.2, 0.25) is 0 Å². The zero-order valence-electron chi connectivity index (χ0n) is 15.9. The third-order valence-corrected chi connectivity index (χ3v) is 5.87. The molecule has 0 fully saturated rings. The van der Waals surface area contributed by atoms with Crippen LogP contribution < -0.4 is 5.32 Å². The molecule has 1 aromatic carbocycles. The summed E-state index contributed by atoms with van der Waals surface area (Å²) in [5, 5.41) is 9.31. The average Bonchev–Trinajstić information content (AvgIpc) is 3.34. The molecule has 0 unspecified atom stereocenters. The molecule has 2 aromatic heterocycles. The molecule has 7 heteroatoms. The summed E-state index contributed by atoms with van der Waals surface area (Å²) >= 11 is 1.44. The number of aryl methyl sites for hydroxylation is 2. The van der Waals surface area contributed by atoms with E-state index < -0.39 is 0 Å². The minimum absolute atomic E-state index is 0.00984. The van der Waals surface area contributed by atoms with Gasteiger partial charge >= 0.3 is 0 Å². The summed E-state index contributed by atoms with van der Waals surface area (Å²) in [6, 6.07) is 11.8. The van der Waals surface area contributed by atoms with Crippen LogP contribution in [-0.4, -0.2) is 33.0 Å². The molecule has 0 aliphatic carbocycles. The summed E-state index contributed by atoms with van der Waals surface area (Å²) in [6.45, 7) is 3.52. The Bertz CT molecular complexity index is 1020. The van der Waals surface area contributed by atoms with Gasteiger partial charge in [0.25, 0.3) is 11.8 Å². The Morgan fingerprint density at radius 2 is 2.11 bits per heavy atom. The molecule has 1 N–H and O–H groups in total. The van der Waals surface area contributed by atoms with Crippen LogP contribution >= 0.6 is 11.3 Å². The molecule has 0 bridgehead atoms. The minimum atomic E-state index is -0.205. The van der Waals surface area contributed by atoms with E-state index in [-0.39, 0.29) is 11.8 Å². The van der Waals surface area contributed by atoms with Crippen LogP contribution in [0.3, 0.4) is 0 Å². The smallest absolute Gasteiger partial charge is 0.272 e. The molecule has 3 heterocycles. The maximum atomic E-state index is 12.8. The summed E-state index contributed by atoms with van der Waals surface area (Å²) < 4.78 is 1.77. The second-order valence-electron chi connectivity index (χ2n) is 7.02. The lowest BCUT2D eigenvalue weighted by molar-refractivity contribution is 0.0735. The molecule has 2 amide bonds. The molecular formula is C21H22N4O2S. The number of nitrogens with zero attached hydrogens (tertiary/aromatic N) is 3. The Labute approximate surface area is 167 Å². The van der Waals surface area contributed by atoms with E-state index in [1.54, 1.807) is 9.58 Å². The average molecular weight is 395 g/mol. The molecular weight excluding hydrogens is 372 g/mol. The monoisotopic (exact) mass is 394 g/mol. The predicted octanol–water partition coefficient (Wildman–Crippen LogP) is 2.92. The lowest BCUT2D eigenvalue weighted by Gasteiger charge is -2.27. The maximum Gasteiger partial charge on any atom is 0.272 e. The van der Waals surface area contributed by atoms with Crippen LogP contribution in [0.25, 0.3) is 0 Å². The van der Waals surface area contributed by atoms with Crippen molar-refractivity contribution in [2.24, 2.45) is 7.05 Å². The number of carbonyl (C=O) groups excluding carboxylic acids is 2. The van der Waals surface area contributed by atoms with Crippen molar-refractivity contribution in [3.05, 3.63) is 74.7 Å². The second-order valence-corrected chi connectivity index (χ2v) is 7.97. The van der Waals surface area contributed by atoms with Gasteiger partial charge in [0.1, 0.15) is 0 Å². The first-order valence-corrected chi connectivity index (χ1v) is 10.1. The van der Waals surface area contributed by atoms with E-state index in [4.69, 9.17) is 0 Å². The molecule has 3 aromatic rings. The largest absolute Gasteiger partial charge is 0.347 e. The van der Waals surface area contributed by atoms with Gasteiger partial charge in [-0.1, -0.05) is 35.9 Å². The topological polar surface area (TPSA) is 67.2 Å². The van der Waals surface area contributed by atoms with Crippen molar-refractivity contribution >= 4 is 23.2 Å². The number of nitrogens with one attached hydrogen (secondary N) is 1. The van der Waals surface area contributed by atoms with Crippen molar-refractivity contribution in [1.82, 2.24) is 20.0 Å². The highest BCUT2D eigenvalue weighted by Crippen LogP contribution is 2.24. The van der Waals surface area contributed by atoms with Crippen molar-refractivity contribution in [3.8, 4) is 0 Å². The Hall–Kier alpha value is -2.93. The highest BCUT2D eigenvalue weighted by atomic mass is 32.1. The lowest BCUT2D eigenvalue weighted by atomic mass is 10.0. The number of aromatic nitrogens is 2. The molecule has 4 rings (SSSR count). The Kier molecular flexibility index (Phi) is 5.00. The van der Waals surface area contributed by atoms with E-state index in [1.807, 2.05) is 49.7 Å². The van der Waals surface area contributed by atoms with E-state index in [0.29, 0.717) is 31.7 Å². The molecule has 0 atom stereocenters. The van der Waals surface area contributed by atoms with Gasteiger partial charge in [-0.3, -0.25) is 14.3 Å². The third-order valence-electron chi connectivity index (χ3n) is 5.01. The standard InChI is InChI=1S/C21H22N4O2S/c1-14-5-3-6-15(11-14)12-22-20(26)19-16-13-25(9-8-17(16)24(2)23-19)21(27)18-7-4-10-28-18/h3-7,10-11H,8-9,12-13H2,1-2H3,(H,22,26). The van der Waals surface area contributed by atoms with Crippen molar-refractivity contribution in [2.45, 2.75) is 26.4 Å². The van der Waals surface area contributed by atoms with E-state index in [9.17, 15) is 9.59 Å². The first-order valence-electron chi connectivity index (χ1n) is 9.24. The lowest BCUT2D eigenvalue weighted by Crippen LogP contribution is -2.36. The van der Waals surface area contributed by atoms with Crippen LogP contribution in [0, 0.1) is 6.92 Å². The van der Waals surface area contributed by atoms with Gasteiger partial charge in [0.05, 0.1) is 11.4 Å². The Morgan fingerprint density at radius 1 is 1.25 bits per heavy atom. The van der Waals surface area contributed by atoms with Gasteiger partial charge in [-0.15, -0.1) is 11.3 Å². The van der Waals surface area contributed by atoms with Gasteiger partial charge in [-0.05, 0) is 23.9 Å². The highest BCUT2D eigenvalue weighted by Gasteiger charge is 2.29. The number of benzene rings is 1. The number of amides is 2. The molecule has 0 saturated carbocycles. The zero-order chi connectivity index (χ0) is 19.7. The molecule has 28 heavy (non-hydrogen) atoms. The summed E-state index contributed by atoms with van der Waals surface area (Å²) in [4.78, 5) is 28.0. The van der Waals surface area contributed by atoms with E-state index in [1.165, 1.54) is 11.3 Å². The van der Waals surface area contributed by atoms with Crippen molar-refractivity contribution < 1.29 is 9.59 Å². The van der Waals surface area contributed by atoms with Crippen LogP contribution in [0.4, 0.5) is 0 Å². The van der Waals surface area contributed by atoms with Crippen molar-refractivity contribution in [2.75, 3.05) is 6.54 Å². The highest BCUT2D eigenvalue weighted by molar-refractivity contribution is 7.12. The van der Waals surface area contributed by atoms with Gasteiger partial charge in [-0.2, -0.15) is 5.10 Å². The van der Waals surface area contributed by atoms with Gasteiger partial charge in [0.15, 0.2) is 5.69 Å². The fourth-order valence-electron chi connectivity index (χ4n) is 3.59. The van der Waals surface area contributed by atoms with Crippen LogP contribution in [0.15, 0.2) is 41.8 Å². The molecule has 0 spiro atoms. The van der Waals surface area contributed by atoms with Crippen LogP contribution in [0.5, 0.6) is 0 Å². The van der Waals surface area contributed by atoms with Crippen molar-refractivity contribution in [3.63, 3.8) is 0 Å². The molecule has 0 saturated heterocycles. The summed E-state index contributed by atoms with van der Waals surface area (Å²) in [5.41, 5.74) is 4.49. The van der Waals surface area contributed by atoms with E-state index >= 15 is 0 Å². The number of carbonyl (C=O) groups is 2. The van der Waals surface area contributed by atoms with Crippen LogP contribution in [-0.2, 0) is 26.6 Å². The van der Waals surface area contributed by atoms with E-state index in [0.717, 1.165) is 27.3 Å². The molecule has 6 nitrogen and oxygen atoms in total. The molecule has 1 aliphatic heterocycles. The van der Waals surface area contributed by atoms with E-state index in [2.05, 4.69) is 16.5 Å².